The first-order valence-electron chi connectivity index (χ1n) is 3.93. The third kappa shape index (κ3) is 1.75. The molecule has 3 atom stereocenters. The van der Waals surface area contributed by atoms with E-state index in [9.17, 15) is 5.11 Å². The van der Waals surface area contributed by atoms with Crippen LogP contribution in [0.4, 0.5) is 0 Å². The fourth-order valence-corrected chi connectivity index (χ4v) is 1.28. The van der Waals surface area contributed by atoms with E-state index in [1.807, 2.05) is 0 Å². The minimum Gasteiger partial charge on any atom is -0.394 e. The molecule has 1 saturated heterocycles. The van der Waals surface area contributed by atoms with Crippen LogP contribution in [0.5, 0.6) is 0 Å². The Morgan fingerprint density at radius 3 is 2.83 bits per heavy atom. The molecule has 0 spiro atoms. The van der Waals surface area contributed by atoms with Crippen molar-refractivity contribution in [3.63, 3.8) is 0 Å². The number of aliphatic hydroxyl groups excluding tert-OH is 2. The topological polar surface area (TPSA) is 49.7 Å². The molecule has 0 saturated carbocycles. The molecule has 0 bridgehead atoms. The van der Waals surface area contributed by atoms with Crippen molar-refractivity contribution in [1.82, 2.24) is 0 Å². The molecule has 0 unspecified atom stereocenters. The van der Waals surface area contributed by atoms with Crippen molar-refractivity contribution < 1.29 is 14.9 Å². The zero-order valence-electron chi connectivity index (χ0n) is 6.94. The van der Waals surface area contributed by atoms with E-state index < -0.39 is 12.2 Å². The van der Waals surface area contributed by atoms with Gasteiger partial charge < -0.3 is 14.9 Å². The molecule has 2 N–H and O–H groups in total. The summed E-state index contributed by atoms with van der Waals surface area (Å²) in [5.41, 5.74) is 0.699. The lowest BCUT2D eigenvalue weighted by molar-refractivity contribution is -0.0838. The third-order valence-electron chi connectivity index (χ3n) is 2.00. The highest BCUT2D eigenvalue weighted by Gasteiger charge is 2.29. The van der Waals surface area contributed by atoms with E-state index in [-0.39, 0.29) is 12.7 Å². The Kier molecular flexibility index (Phi) is 3.03. The van der Waals surface area contributed by atoms with Crippen LogP contribution >= 0.6 is 0 Å². The molecule has 1 aliphatic heterocycles. The van der Waals surface area contributed by atoms with Crippen molar-refractivity contribution in [2.24, 2.45) is 0 Å². The minimum atomic E-state index is -0.676. The molecule has 1 aliphatic rings. The molecule has 1 heterocycles. The van der Waals surface area contributed by atoms with Crippen molar-refractivity contribution in [2.75, 3.05) is 6.61 Å². The summed E-state index contributed by atoms with van der Waals surface area (Å²) >= 11 is 0. The van der Waals surface area contributed by atoms with Gasteiger partial charge in [-0.1, -0.05) is 12.7 Å². The summed E-state index contributed by atoms with van der Waals surface area (Å²) in [7, 11) is 0. The van der Waals surface area contributed by atoms with E-state index in [1.165, 1.54) is 6.08 Å². The summed E-state index contributed by atoms with van der Waals surface area (Å²) < 4.78 is 5.29. The van der Waals surface area contributed by atoms with Gasteiger partial charge in [-0.25, -0.2) is 0 Å². The van der Waals surface area contributed by atoms with Crippen molar-refractivity contribution in [1.29, 1.82) is 0 Å². The number of hydrogen-bond acceptors (Lipinski definition) is 3. The maximum atomic E-state index is 9.47. The zero-order chi connectivity index (χ0) is 9.14. The third-order valence-corrected chi connectivity index (χ3v) is 2.00. The molecule has 0 radical (unpaired) electrons. The van der Waals surface area contributed by atoms with E-state index in [0.29, 0.717) is 12.0 Å². The van der Waals surface area contributed by atoms with Gasteiger partial charge in [-0.15, -0.1) is 6.58 Å². The van der Waals surface area contributed by atoms with Crippen LogP contribution in [0.3, 0.4) is 0 Å². The maximum Gasteiger partial charge on any atom is 0.106 e. The molecule has 1 rings (SSSR count). The van der Waals surface area contributed by atoms with E-state index in [1.54, 1.807) is 0 Å². The standard InChI is InChI=1S/C9H14O3/c1-3-8-9(11)6(2)4-7(5-10)12-8/h3,7-11H,1-2,4-5H2/t7-,8+,9-/m0/s1. The van der Waals surface area contributed by atoms with Gasteiger partial charge in [0.15, 0.2) is 0 Å². The summed E-state index contributed by atoms with van der Waals surface area (Å²) in [6.45, 7) is 7.19. The number of ether oxygens (including phenoxy) is 1. The van der Waals surface area contributed by atoms with Gasteiger partial charge in [0.1, 0.15) is 12.2 Å². The van der Waals surface area contributed by atoms with E-state index >= 15 is 0 Å². The SMILES string of the molecule is C=C[C@H]1O[C@H](CO)CC(=C)[C@@H]1O. The van der Waals surface area contributed by atoms with Crippen LogP contribution in [0.15, 0.2) is 24.8 Å². The summed E-state index contributed by atoms with van der Waals surface area (Å²) in [4.78, 5) is 0. The lowest BCUT2D eigenvalue weighted by Gasteiger charge is -2.32. The lowest BCUT2D eigenvalue weighted by Crippen LogP contribution is -2.40. The average Bonchev–Trinajstić information content (AvgIpc) is 2.09. The quantitative estimate of drug-likeness (QED) is 0.584. The first kappa shape index (κ1) is 9.45. The van der Waals surface area contributed by atoms with Gasteiger partial charge >= 0.3 is 0 Å². The molecular formula is C9H14O3. The van der Waals surface area contributed by atoms with Gasteiger partial charge in [0.25, 0.3) is 0 Å². The Hall–Kier alpha value is -0.640. The molecule has 12 heavy (non-hydrogen) atoms. The first-order chi connectivity index (χ1) is 5.69. The summed E-state index contributed by atoms with van der Waals surface area (Å²) in [6, 6.07) is 0. The van der Waals surface area contributed by atoms with Gasteiger partial charge in [0, 0.05) is 0 Å². The van der Waals surface area contributed by atoms with Gasteiger partial charge in [-0.2, -0.15) is 0 Å². The highest BCUT2D eigenvalue weighted by Crippen LogP contribution is 2.23. The van der Waals surface area contributed by atoms with Gasteiger partial charge in [-0.3, -0.25) is 0 Å². The fourth-order valence-electron chi connectivity index (χ4n) is 1.28. The van der Waals surface area contributed by atoms with Crippen LogP contribution < -0.4 is 0 Å². The Bertz CT molecular complexity index is 188. The predicted molar refractivity (Wildman–Crippen MR) is 45.7 cm³/mol. The average molecular weight is 170 g/mol. The van der Waals surface area contributed by atoms with Crippen LogP contribution in [0.1, 0.15) is 6.42 Å². The zero-order valence-corrected chi connectivity index (χ0v) is 6.94. The Morgan fingerprint density at radius 2 is 2.33 bits per heavy atom. The molecule has 0 aromatic rings. The predicted octanol–water partition coefficient (Wildman–Crippen LogP) is 0.239. The molecule has 0 aromatic heterocycles. The van der Waals surface area contributed by atoms with Crippen LogP contribution in [0, 0.1) is 0 Å². The number of hydrogen-bond donors (Lipinski definition) is 2. The Labute approximate surface area is 72.0 Å². The monoisotopic (exact) mass is 170 g/mol. The largest absolute Gasteiger partial charge is 0.394 e. The molecule has 0 aliphatic carbocycles. The lowest BCUT2D eigenvalue weighted by atomic mass is 9.96. The second kappa shape index (κ2) is 3.85. The Balaban J connectivity index is 2.64. The second-order valence-electron chi connectivity index (χ2n) is 2.95. The minimum absolute atomic E-state index is 0.0456. The van der Waals surface area contributed by atoms with E-state index in [4.69, 9.17) is 9.84 Å². The van der Waals surface area contributed by atoms with E-state index in [2.05, 4.69) is 13.2 Å². The van der Waals surface area contributed by atoms with Crippen LogP contribution in [-0.2, 0) is 4.74 Å². The number of rotatable bonds is 2. The van der Waals surface area contributed by atoms with Crippen molar-refractivity contribution >= 4 is 0 Å². The molecule has 0 aromatic carbocycles. The highest BCUT2D eigenvalue weighted by molar-refractivity contribution is 5.13. The smallest absolute Gasteiger partial charge is 0.106 e. The molecule has 68 valence electrons. The van der Waals surface area contributed by atoms with Crippen molar-refractivity contribution in [2.45, 2.75) is 24.7 Å². The first-order valence-corrected chi connectivity index (χ1v) is 3.93. The molecule has 3 nitrogen and oxygen atoms in total. The Morgan fingerprint density at radius 1 is 1.67 bits per heavy atom. The maximum absolute atomic E-state index is 9.47. The van der Waals surface area contributed by atoms with Gasteiger partial charge in [-0.05, 0) is 12.0 Å². The van der Waals surface area contributed by atoms with Gasteiger partial charge in [0.2, 0.25) is 0 Å². The molecule has 1 fully saturated rings. The number of aliphatic hydroxyl groups is 2. The van der Waals surface area contributed by atoms with Crippen LogP contribution in [0.2, 0.25) is 0 Å². The van der Waals surface area contributed by atoms with Crippen LogP contribution in [0.25, 0.3) is 0 Å². The van der Waals surface area contributed by atoms with Crippen LogP contribution in [-0.4, -0.2) is 35.1 Å². The second-order valence-corrected chi connectivity index (χ2v) is 2.95. The van der Waals surface area contributed by atoms with Gasteiger partial charge in [0.05, 0.1) is 12.7 Å². The summed E-state index contributed by atoms with van der Waals surface area (Å²) in [5.74, 6) is 0. The fraction of sp³-hybridized carbons (Fsp3) is 0.556. The normalized spacial score (nSPS) is 36.5. The molecular weight excluding hydrogens is 156 g/mol. The molecule has 0 amide bonds. The summed E-state index contributed by atoms with van der Waals surface area (Å²) in [5, 5.41) is 18.3. The van der Waals surface area contributed by atoms with Crippen molar-refractivity contribution in [3.05, 3.63) is 24.8 Å². The highest BCUT2D eigenvalue weighted by atomic mass is 16.5. The van der Waals surface area contributed by atoms with Crippen molar-refractivity contribution in [3.8, 4) is 0 Å². The van der Waals surface area contributed by atoms with E-state index in [0.717, 1.165) is 0 Å². The molecule has 3 heteroatoms. The summed E-state index contributed by atoms with van der Waals surface area (Å²) in [6.07, 6.45) is 0.692.